The Balaban J connectivity index is 1.29. The van der Waals surface area contributed by atoms with Gasteiger partial charge in [-0.15, -0.1) is 0 Å². The summed E-state index contributed by atoms with van der Waals surface area (Å²) in [7, 11) is -3.86. The maximum absolute atomic E-state index is 13.6. The van der Waals surface area contributed by atoms with Gasteiger partial charge in [0.15, 0.2) is 0 Å². The molecule has 4 unspecified atom stereocenters. The molecule has 6 rings (SSSR count). The molecule has 2 fully saturated rings. The molecule has 4 heterocycles. The molecule has 0 saturated carbocycles. The van der Waals surface area contributed by atoms with Crippen LogP contribution in [-0.2, 0) is 19.6 Å². The minimum Gasteiger partial charge on any atom is -0.459 e. The number of ether oxygens (including phenoxy) is 1. The SMILES string of the molecule is CC(C)(C)OC(=O)C1C2CCN1CC(Nc1ncc(Cl)c(-c3cn(S(=O)(=O)c4ccccc4)c4ccccc34)n1)C2. The maximum Gasteiger partial charge on any atom is 0.324 e. The minimum atomic E-state index is -3.86. The van der Waals surface area contributed by atoms with Crippen LogP contribution in [-0.4, -0.2) is 64.0 Å². The van der Waals surface area contributed by atoms with E-state index in [1.165, 1.54) is 10.2 Å². The second-order valence-electron chi connectivity index (χ2n) is 11.7. The maximum atomic E-state index is 13.6. The first-order chi connectivity index (χ1) is 19.5. The van der Waals surface area contributed by atoms with Crippen LogP contribution in [0.3, 0.4) is 0 Å². The average molecular weight is 594 g/mol. The van der Waals surface area contributed by atoms with Gasteiger partial charge >= 0.3 is 5.97 Å². The number of halogens is 1. The fourth-order valence-corrected chi connectivity index (χ4v) is 7.54. The number of carbonyl (C=O) groups excluding carboxylic acids is 1. The molecule has 2 aliphatic heterocycles. The summed E-state index contributed by atoms with van der Waals surface area (Å²) in [5.41, 5.74) is 1.03. The molecule has 4 aromatic rings. The van der Waals surface area contributed by atoms with Gasteiger partial charge in [-0.2, -0.15) is 0 Å². The van der Waals surface area contributed by atoms with Crippen molar-refractivity contribution in [3.05, 3.63) is 72.0 Å². The van der Waals surface area contributed by atoms with Crippen LogP contribution in [0.5, 0.6) is 0 Å². The number of piperidine rings is 1. The summed E-state index contributed by atoms with van der Waals surface area (Å²) in [4.78, 5) is 24.4. The first-order valence-corrected chi connectivity index (χ1v) is 15.5. The first-order valence-electron chi connectivity index (χ1n) is 13.7. The normalized spacial score (nSPS) is 22.5. The Morgan fingerprint density at radius 1 is 1.10 bits per heavy atom. The van der Waals surface area contributed by atoms with E-state index < -0.39 is 15.6 Å². The van der Waals surface area contributed by atoms with Crippen LogP contribution in [0, 0.1) is 5.92 Å². The molecule has 9 nitrogen and oxygen atoms in total. The number of hydrogen-bond acceptors (Lipinski definition) is 8. The predicted molar refractivity (Wildman–Crippen MR) is 158 cm³/mol. The molecule has 0 spiro atoms. The number of carbonyl (C=O) groups is 1. The van der Waals surface area contributed by atoms with Crippen LogP contribution < -0.4 is 5.32 Å². The highest BCUT2D eigenvalue weighted by molar-refractivity contribution is 7.90. The molecule has 0 aliphatic carbocycles. The number of rotatable bonds is 6. The summed E-state index contributed by atoms with van der Waals surface area (Å²) in [5, 5.41) is 4.46. The lowest BCUT2D eigenvalue weighted by Gasteiger charge is -2.37. The number of aromatic nitrogens is 3. The van der Waals surface area contributed by atoms with Crippen molar-refractivity contribution in [1.29, 1.82) is 0 Å². The quantitative estimate of drug-likeness (QED) is 0.304. The Morgan fingerprint density at radius 2 is 1.83 bits per heavy atom. The van der Waals surface area contributed by atoms with Gasteiger partial charge in [-0.1, -0.05) is 48.0 Å². The summed E-state index contributed by atoms with van der Waals surface area (Å²) in [6.07, 6.45) is 4.83. The van der Waals surface area contributed by atoms with Crippen LogP contribution in [0.15, 0.2) is 71.9 Å². The molecule has 2 aromatic carbocycles. The zero-order valence-electron chi connectivity index (χ0n) is 23.1. The van der Waals surface area contributed by atoms with Gasteiger partial charge in [-0.05, 0) is 64.3 Å². The molecule has 2 saturated heterocycles. The number of nitrogens with one attached hydrogen (secondary N) is 1. The van der Waals surface area contributed by atoms with Gasteiger partial charge in [-0.25, -0.2) is 22.4 Å². The second kappa shape index (κ2) is 10.4. The summed E-state index contributed by atoms with van der Waals surface area (Å²) in [5.74, 6) is 0.419. The van der Waals surface area contributed by atoms with Crippen molar-refractivity contribution in [2.45, 2.75) is 56.2 Å². The van der Waals surface area contributed by atoms with Gasteiger partial charge in [0.05, 0.1) is 27.3 Å². The number of para-hydroxylation sites is 1. The van der Waals surface area contributed by atoms with Crippen LogP contribution in [0.25, 0.3) is 22.2 Å². The van der Waals surface area contributed by atoms with Crippen molar-refractivity contribution >= 4 is 44.4 Å². The van der Waals surface area contributed by atoms with Gasteiger partial charge in [-0.3, -0.25) is 9.69 Å². The molecular formula is C30H32ClN5O4S. The van der Waals surface area contributed by atoms with Gasteiger partial charge < -0.3 is 10.1 Å². The van der Waals surface area contributed by atoms with E-state index in [4.69, 9.17) is 21.3 Å². The van der Waals surface area contributed by atoms with Crippen molar-refractivity contribution in [3.8, 4) is 11.3 Å². The van der Waals surface area contributed by atoms with Gasteiger partial charge in [0.2, 0.25) is 5.95 Å². The van der Waals surface area contributed by atoms with Crippen LogP contribution in [0.2, 0.25) is 5.02 Å². The Hall–Kier alpha value is -3.47. The molecule has 2 aromatic heterocycles. The van der Waals surface area contributed by atoms with E-state index in [0.717, 1.165) is 19.4 Å². The van der Waals surface area contributed by atoms with E-state index >= 15 is 0 Å². The van der Waals surface area contributed by atoms with E-state index in [2.05, 4.69) is 15.2 Å². The third-order valence-corrected chi connectivity index (χ3v) is 9.59. The van der Waals surface area contributed by atoms with Gasteiger partial charge in [0, 0.05) is 29.7 Å². The lowest BCUT2D eigenvalue weighted by molar-refractivity contribution is -0.162. The molecule has 2 aliphatic rings. The Bertz CT molecular complexity index is 1700. The third-order valence-electron chi connectivity index (χ3n) is 7.63. The lowest BCUT2D eigenvalue weighted by atomic mass is 9.89. The number of anilines is 1. The van der Waals surface area contributed by atoms with Crippen molar-refractivity contribution < 1.29 is 17.9 Å². The zero-order valence-corrected chi connectivity index (χ0v) is 24.7. The average Bonchev–Trinajstić information content (AvgIpc) is 3.45. The summed E-state index contributed by atoms with van der Waals surface area (Å²) < 4.78 is 34.1. The van der Waals surface area contributed by atoms with E-state index in [1.807, 2.05) is 32.9 Å². The molecular weight excluding hydrogens is 562 g/mol. The van der Waals surface area contributed by atoms with E-state index in [0.29, 0.717) is 39.7 Å². The Labute approximate surface area is 244 Å². The summed E-state index contributed by atoms with van der Waals surface area (Å²) >= 11 is 6.61. The van der Waals surface area contributed by atoms with Crippen molar-refractivity contribution in [1.82, 2.24) is 18.8 Å². The zero-order chi connectivity index (χ0) is 28.9. The highest BCUT2D eigenvalue weighted by atomic mass is 35.5. The molecule has 4 atom stereocenters. The second-order valence-corrected chi connectivity index (χ2v) is 13.9. The highest BCUT2D eigenvalue weighted by Crippen LogP contribution is 2.38. The largest absolute Gasteiger partial charge is 0.459 e. The molecule has 2 bridgehead atoms. The van der Waals surface area contributed by atoms with E-state index in [-0.39, 0.29) is 28.9 Å². The summed E-state index contributed by atoms with van der Waals surface area (Å²) in [6, 6.07) is 15.4. The predicted octanol–water partition coefficient (Wildman–Crippen LogP) is 5.21. The van der Waals surface area contributed by atoms with Crippen molar-refractivity contribution in [3.63, 3.8) is 0 Å². The first kappa shape index (κ1) is 27.7. The minimum absolute atomic E-state index is 0.0370. The van der Waals surface area contributed by atoms with Crippen molar-refractivity contribution in [2.24, 2.45) is 5.92 Å². The number of esters is 1. The molecule has 1 N–H and O–H groups in total. The van der Waals surface area contributed by atoms with Gasteiger partial charge in [0.25, 0.3) is 10.0 Å². The number of nitrogens with zero attached hydrogens (tertiary/aromatic N) is 4. The molecule has 0 radical (unpaired) electrons. The fraction of sp³-hybridized carbons (Fsp3) is 0.367. The molecule has 0 amide bonds. The number of hydrogen-bond donors (Lipinski definition) is 1. The van der Waals surface area contributed by atoms with E-state index in [9.17, 15) is 13.2 Å². The smallest absolute Gasteiger partial charge is 0.324 e. The topological polar surface area (TPSA) is 106 Å². The summed E-state index contributed by atoms with van der Waals surface area (Å²) in [6.45, 7) is 7.17. The lowest BCUT2D eigenvalue weighted by Crippen LogP contribution is -2.52. The fourth-order valence-electron chi connectivity index (χ4n) is 5.96. The van der Waals surface area contributed by atoms with Crippen molar-refractivity contribution in [2.75, 3.05) is 18.4 Å². The van der Waals surface area contributed by atoms with Crippen LogP contribution in [0.4, 0.5) is 5.95 Å². The van der Waals surface area contributed by atoms with Crippen LogP contribution in [0.1, 0.15) is 33.6 Å². The Morgan fingerprint density at radius 3 is 2.56 bits per heavy atom. The standard InChI is InChI=1S/C30H32ClN5O4S/c1-30(2,3)40-28(37)27-19-13-14-35(27)17-20(15-19)33-29-32-16-24(31)26(34-29)23-18-36(25-12-8-7-11-22(23)25)41(38,39)21-9-5-4-6-10-21/h4-12,16,18-20,27H,13-15,17H2,1-3H3,(H,32,33,34). The third kappa shape index (κ3) is 5.31. The monoisotopic (exact) mass is 593 g/mol. The van der Waals surface area contributed by atoms with Crippen LogP contribution >= 0.6 is 11.6 Å². The van der Waals surface area contributed by atoms with E-state index in [1.54, 1.807) is 48.7 Å². The number of benzene rings is 2. The Kier molecular flexibility index (Phi) is 7.04. The van der Waals surface area contributed by atoms with Gasteiger partial charge in [0.1, 0.15) is 11.6 Å². The number of fused-ring (bicyclic) bond motifs is 3. The highest BCUT2D eigenvalue weighted by Gasteiger charge is 2.46. The molecule has 214 valence electrons. The molecule has 41 heavy (non-hydrogen) atoms. The molecule has 11 heteroatoms.